The molecule has 0 radical (unpaired) electrons. The van der Waals surface area contributed by atoms with Crippen molar-refractivity contribution >= 4 is 10.1 Å². The number of aromatic nitrogens is 3. The fourth-order valence-electron chi connectivity index (χ4n) is 2.35. The van der Waals surface area contributed by atoms with E-state index in [9.17, 15) is 22.5 Å². The van der Waals surface area contributed by atoms with Crippen LogP contribution in [0.5, 0.6) is 0 Å². The van der Waals surface area contributed by atoms with Crippen LogP contribution in [0.4, 0.5) is 8.78 Å². The lowest BCUT2D eigenvalue weighted by atomic mass is 9.82. The van der Waals surface area contributed by atoms with E-state index in [-0.39, 0.29) is 6.54 Å². The van der Waals surface area contributed by atoms with Gasteiger partial charge in [-0.25, -0.2) is 18.4 Å². The first-order chi connectivity index (χ1) is 11.2. The van der Waals surface area contributed by atoms with Crippen molar-refractivity contribution in [3.63, 3.8) is 0 Å². The van der Waals surface area contributed by atoms with E-state index in [0.717, 1.165) is 24.5 Å². The smallest absolute Gasteiger partial charge is 0.255 e. The Hall–Kier alpha value is -2.38. The number of nitrogens with zero attached hydrogens (tertiary/aromatic N) is 4. The SMILES string of the molecule is C[C@@H](C#N)[C@@](Cn1cncn1)(OS(C)(=O)=O)c1cc(F)ccc1F. The van der Waals surface area contributed by atoms with Crippen molar-refractivity contribution in [3.8, 4) is 6.07 Å². The Balaban J connectivity index is 2.73. The molecule has 7 nitrogen and oxygen atoms in total. The Labute approximate surface area is 137 Å². The lowest BCUT2D eigenvalue weighted by Gasteiger charge is -2.35. The van der Waals surface area contributed by atoms with E-state index in [1.54, 1.807) is 0 Å². The minimum absolute atomic E-state index is 0.352. The second kappa shape index (κ2) is 6.62. The van der Waals surface area contributed by atoms with Crippen LogP contribution in [-0.2, 0) is 26.4 Å². The van der Waals surface area contributed by atoms with Crippen LogP contribution in [0.15, 0.2) is 30.9 Å². The van der Waals surface area contributed by atoms with Gasteiger partial charge in [-0.1, -0.05) is 0 Å². The van der Waals surface area contributed by atoms with Gasteiger partial charge in [0.25, 0.3) is 10.1 Å². The normalized spacial score (nSPS) is 15.5. The second-order valence-electron chi connectivity index (χ2n) is 5.24. The predicted octanol–water partition coefficient (Wildman–Crippen LogP) is 1.59. The molecular formula is C14H14F2N4O3S. The van der Waals surface area contributed by atoms with Crippen molar-refractivity contribution in [2.24, 2.45) is 5.92 Å². The van der Waals surface area contributed by atoms with Crippen LogP contribution in [0, 0.1) is 28.9 Å². The summed E-state index contributed by atoms with van der Waals surface area (Å²) >= 11 is 0. The number of hydrogen-bond acceptors (Lipinski definition) is 6. The molecule has 2 atom stereocenters. The molecular weight excluding hydrogens is 342 g/mol. The molecule has 0 amide bonds. The van der Waals surface area contributed by atoms with Gasteiger partial charge in [0.1, 0.15) is 24.3 Å². The third-order valence-electron chi connectivity index (χ3n) is 3.44. The molecule has 1 heterocycles. The third kappa shape index (κ3) is 3.74. The lowest BCUT2D eigenvalue weighted by Crippen LogP contribution is -2.43. The van der Waals surface area contributed by atoms with Crippen molar-refractivity contribution in [2.75, 3.05) is 6.26 Å². The summed E-state index contributed by atoms with van der Waals surface area (Å²) in [6, 6.07) is 4.39. The molecule has 0 bridgehead atoms. The molecule has 128 valence electrons. The summed E-state index contributed by atoms with van der Waals surface area (Å²) in [7, 11) is -4.12. The highest BCUT2D eigenvalue weighted by Crippen LogP contribution is 2.38. The fraction of sp³-hybridized carbons (Fsp3) is 0.357. The highest BCUT2D eigenvalue weighted by atomic mass is 32.2. The van der Waals surface area contributed by atoms with Gasteiger partial charge < -0.3 is 0 Å². The van der Waals surface area contributed by atoms with E-state index in [2.05, 4.69) is 10.1 Å². The Bertz CT molecular complexity index is 865. The van der Waals surface area contributed by atoms with E-state index in [1.165, 1.54) is 24.3 Å². The van der Waals surface area contributed by atoms with Gasteiger partial charge in [0, 0.05) is 5.56 Å². The van der Waals surface area contributed by atoms with Crippen LogP contribution >= 0.6 is 0 Å². The van der Waals surface area contributed by atoms with E-state index in [1.807, 2.05) is 6.07 Å². The molecule has 10 heteroatoms. The lowest BCUT2D eigenvalue weighted by molar-refractivity contribution is 0.0147. The van der Waals surface area contributed by atoms with Crippen molar-refractivity contribution in [1.29, 1.82) is 5.26 Å². The van der Waals surface area contributed by atoms with Gasteiger partial charge in [-0.15, -0.1) is 0 Å². The zero-order chi connectivity index (χ0) is 18.0. The first-order valence-electron chi connectivity index (χ1n) is 6.76. The molecule has 24 heavy (non-hydrogen) atoms. The summed E-state index contributed by atoms with van der Waals surface area (Å²) in [5.74, 6) is -2.84. The molecule has 1 aromatic heterocycles. The molecule has 0 N–H and O–H groups in total. The molecule has 0 unspecified atom stereocenters. The predicted molar refractivity (Wildman–Crippen MR) is 78.8 cm³/mol. The molecule has 0 aliphatic carbocycles. The highest BCUT2D eigenvalue weighted by molar-refractivity contribution is 7.86. The molecule has 1 aromatic carbocycles. The Morgan fingerprint density at radius 2 is 2.17 bits per heavy atom. The van der Waals surface area contributed by atoms with Crippen molar-refractivity contribution < 1.29 is 21.4 Å². The van der Waals surface area contributed by atoms with Crippen LogP contribution in [0.2, 0.25) is 0 Å². The fourth-order valence-corrected chi connectivity index (χ4v) is 3.18. The average molecular weight is 356 g/mol. The maximum atomic E-state index is 14.4. The first kappa shape index (κ1) is 18.0. The number of benzene rings is 1. The van der Waals surface area contributed by atoms with Gasteiger partial charge in [-0.05, 0) is 25.1 Å². The number of hydrogen-bond donors (Lipinski definition) is 0. The summed E-state index contributed by atoms with van der Waals surface area (Å²) in [5, 5.41) is 13.2. The molecule has 0 fully saturated rings. The molecule has 0 saturated carbocycles. The van der Waals surface area contributed by atoms with Gasteiger partial charge >= 0.3 is 0 Å². The summed E-state index contributed by atoms with van der Waals surface area (Å²) in [6.45, 7) is 1.00. The molecule has 2 aromatic rings. The second-order valence-corrected chi connectivity index (χ2v) is 6.82. The van der Waals surface area contributed by atoms with Crippen molar-refractivity contribution in [2.45, 2.75) is 19.1 Å². The van der Waals surface area contributed by atoms with Gasteiger partial charge in [-0.3, -0.25) is 4.18 Å². The van der Waals surface area contributed by atoms with E-state index in [0.29, 0.717) is 0 Å². The average Bonchev–Trinajstić information content (AvgIpc) is 2.99. The summed E-state index contributed by atoms with van der Waals surface area (Å²) in [5.41, 5.74) is -2.40. The number of nitriles is 1. The number of rotatable bonds is 6. The standard InChI is InChI=1S/C14H14F2N4O3S/c1-10(6-17)14(23-24(2,21)22,7-20-9-18-8-19-20)12-5-11(15)3-4-13(12)16/h3-5,8-10H,7H2,1-2H3/t10-,14+/m0/s1. The number of halogens is 2. The molecule has 2 rings (SSSR count). The first-order valence-corrected chi connectivity index (χ1v) is 8.58. The Kier molecular flexibility index (Phi) is 4.96. The van der Waals surface area contributed by atoms with Crippen molar-refractivity contribution in [3.05, 3.63) is 48.1 Å². The van der Waals surface area contributed by atoms with Crippen LogP contribution in [0.3, 0.4) is 0 Å². The van der Waals surface area contributed by atoms with Crippen LogP contribution in [0.25, 0.3) is 0 Å². The topological polar surface area (TPSA) is 97.9 Å². The zero-order valence-corrected chi connectivity index (χ0v) is 13.7. The molecule has 0 spiro atoms. The Morgan fingerprint density at radius 1 is 1.46 bits per heavy atom. The van der Waals surface area contributed by atoms with Gasteiger partial charge in [0.15, 0.2) is 5.60 Å². The maximum absolute atomic E-state index is 14.4. The minimum Gasteiger partial charge on any atom is -0.255 e. The highest BCUT2D eigenvalue weighted by Gasteiger charge is 2.46. The van der Waals surface area contributed by atoms with E-state index >= 15 is 0 Å². The maximum Gasteiger partial charge on any atom is 0.265 e. The van der Waals surface area contributed by atoms with Crippen molar-refractivity contribution in [1.82, 2.24) is 14.8 Å². The summed E-state index contributed by atoms with van der Waals surface area (Å²) in [6.07, 6.45) is 3.20. The largest absolute Gasteiger partial charge is 0.265 e. The van der Waals surface area contributed by atoms with E-state index < -0.39 is 38.8 Å². The zero-order valence-electron chi connectivity index (χ0n) is 12.8. The molecule has 0 saturated heterocycles. The molecule has 0 aliphatic rings. The summed E-state index contributed by atoms with van der Waals surface area (Å²) < 4.78 is 57.9. The Morgan fingerprint density at radius 3 is 2.71 bits per heavy atom. The monoisotopic (exact) mass is 356 g/mol. The van der Waals surface area contributed by atoms with Gasteiger partial charge in [0.05, 0.1) is 24.8 Å². The van der Waals surface area contributed by atoms with Gasteiger partial charge in [0.2, 0.25) is 0 Å². The minimum atomic E-state index is -4.12. The van der Waals surface area contributed by atoms with Crippen LogP contribution in [0.1, 0.15) is 12.5 Å². The third-order valence-corrected chi connectivity index (χ3v) is 4.04. The summed E-state index contributed by atoms with van der Waals surface area (Å²) in [4.78, 5) is 3.72. The van der Waals surface area contributed by atoms with E-state index in [4.69, 9.17) is 4.18 Å². The van der Waals surface area contributed by atoms with Gasteiger partial charge in [-0.2, -0.15) is 18.8 Å². The quantitative estimate of drug-likeness (QED) is 0.729. The van der Waals surface area contributed by atoms with Crippen LogP contribution < -0.4 is 0 Å². The van der Waals surface area contributed by atoms with Crippen LogP contribution in [-0.4, -0.2) is 29.4 Å². The molecule has 0 aliphatic heterocycles.